The van der Waals surface area contributed by atoms with E-state index in [2.05, 4.69) is 7.05 Å². The molecule has 1 N–H and O–H groups in total. The van der Waals surface area contributed by atoms with E-state index >= 15 is 0 Å². The lowest BCUT2D eigenvalue weighted by Crippen LogP contribution is -3.04. The quantitative estimate of drug-likeness (QED) is 0.620. The van der Waals surface area contributed by atoms with E-state index in [0.29, 0.717) is 0 Å². The van der Waals surface area contributed by atoms with Crippen molar-refractivity contribution in [2.24, 2.45) is 0 Å². The number of hydrogen-bond acceptors (Lipinski definition) is 0. The van der Waals surface area contributed by atoms with Crippen LogP contribution in [0.25, 0.3) is 0 Å². The Morgan fingerprint density at radius 1 is 1.38 bits per heavy atom. The number of rotatable bonds is 1. The second-order valence-corrected chi connectivity index (χ2v) is 3.62. The van der Waals surface area contributed by atoms with Crippen molar-refractivity contribution in [2.45, 2.75) is 18.9 Å². The lowest BCUT2D eigenvalue weighted by atomic mass is 10.0. The lowest BCUT2D eigenvalue weighted by molar-refractivity contribution is -0.873. The van der Waals surface area contributed by atoms with Gasteiger partial charge in [0, 0.05) is 18.4 Å². The van der Waals surface area contributed by atoms with Crippen LogP contribution in [-0.4, -0.2) is 6.54 Å². The molecule has 0 aliphatic carbocycles. The third-order valence-corrected chi connectivity index (χ3v) is 2.76. The highest BCUT2D eigenvalue weighted by molar-refractivity contribution is 5.19. The first-order valence-electron chi connectivity index (χ1n) is 4.71. The fourth-order valence-corrected chi connectivity index (χ4v) is 2.04. The Morgan fingerprint density at radius 2 is 2.15 bits per heavy atom. The van der Waals surface area contributed by atoms with Crippen LogP contribution in [0.4, 0.5) is 4.39 Å². The summed E-state index contributed by atoms with van der Waals surface area (Å²) < 4.78 is 13.4. The molecule has 0 bridgehead atoms. The van der Waals surface area contributed by atoms with Crippen molar-refractivity contribution in [1.29, 1.82) is 0 Å². The number of likely N-dealkylation sites (tertiary alicyclic amines) is 1. The van der Waals surface area contributed by atoms with Crippen molar-refractivity contribution in [3.8, 4) is 0 Å². The number of halogens is 1. The summed E-state index contributed by atoms with van der Waals surface area (Å²) in [7, 11) is 3.99. The van der Waals surface area contributed by atoms with Gasteiger partial charge in [0.05, 0.1) is 12.6 Å². The van der Waals surface area contributed by atoms with E-state index in [-0.39, 0.29) is 11.9 Å². The van der Waals surface area contributed by atoms with E-state index in [1.54, 1.807) is 6.07 Å². The predicted octanol–water partition coefficient (Wildman–Crippen LogP) is 1.34. The van der Waals surface area contributed by atoms with E-state index in [1.165, 1.54) is 11.0 Å². The van der Waals surface area contributed by atoms with Gasteiger partial charge in [-0.2, -0.15) is 7.05 Å². The predicted molar refractivity (Wildman–Crippen MR) is 49.6 cm³/mol. The van der Waals surface area contributed by atoms with Crippen molar-refractivity contribution < 1.29 is 9.29 Å². The molecule has 2 rings (SSSR count). The highest BCUT2D eigenvalue weighted by Crippen LogP contribution is 2.21. The number of benzene rings is 1. The van der Waals surface area contributed by atoms with Gasteiger partial charge in [0.2, 0.25) is 0 Å². The Kier molecular flexibility index (Phi) is 2.32. The van der Waals surface area contributed by atoms with Crippen molar-refractivity contribution in [3.63, 3.8) is 0 Å². The summed E-state index contributed by atoms with van der Waals surface area (Å²) in [5.74, 6) is -0.0875. The van der Waals surface area contributed by atoms with Gasteiger partial charge in [-0.25, -0.2) is 4.39 Å². The summed E-state index contributed by atoms with van der Waals surface area (Å²) in [6.07, 6.45) is 2.21. The monoisotopic (exact) mass is 179 g/mol. The molecule has 0 amide bonds. The Bertz CT molecular complexity index is 298. The van der Waals surface area contributed by atoms with Gasteiger partial charge in [0.15, 0.2) is 0 Å². The summed E-state index contributed by atoms with van der Waals surface area (Å²) in [6, 6.07) is 7.29. The van der Waals surface area contributed by atoms with Crippen molar-refractivity contribution in [2.75, 3.05) is 6.54 Å². The van der Waals surface area contributed by atoms with Crippen LogP contribution >= 0.6 is 0 Å². The second kappa shape index (κ2) is 3.46. The minimum atomic E-state index is -0.0875. The standard InChI is InChI=1S/C11H14FN/c1-13-8-4-7-11(13)9-5-2-3-6-10(9)12/h2-3,5-6,11,13H,1,4,7-8H2. The zero-order valence-corrected chi connectivity index (χ0v) is 7.59. The van der Waals surface area contributed by atoms with Crippen LogP contribution in [-0.2, 0) is 0 Å². The van der Waals surface area contributed by atoms with Gasteiger partial charge in [0.1, 0.15) is 5.82 Å². The number of quaternary nitrogens is 1. The Balaban J connectivity index is 2.29. The molecule has 1 heterocycles. The second-order valence-electron chi connectivity index (χ2n) is 3.62. The topological polar surface area (TPSA) is 4.44 Å². The SMILES string of the molecule is [CH2-][NH+]1CCCC1c1ccccc1F. The summed E-state index contributed by atoms with van der Waals surface area (Å²) in [5.41, 5.74) is 0.824. The molecule has 0 aromatic heterocycles. The molecule has 1 aromatic rings. The molecular formula is C11H14FN. The Hall–Kier alpha value is -0.890. The minimum absolute atomic E-state index is 0.0875. The van der Waals surface area contributed by atoms with Gasteiger partial charge >= 0.3 is 0 Å². The molecule has 1 fully saturated rings. The average Bonchev–Trinajstić information content (AvgIpc) is 2.52. The van der Waals surface area contributed by atoms with Crippen LogP contribution < -0.4 is 4.90 Å². The molecule has 1 aliphatic rings. The first-order valence-corrected chi connectivity index (χ1v) is 4.71. The summed E-state index contributed by atoms with van der Waals surface area (Å²) in [6.45, 7) is 1.05. The largest absolute Gasteiger partial charge is 0.462 e. The first-order chi connectivity index (χ1) is 6.29. The number of hydrogen-bond donors (Lipinski definition) is 1. The van der Waals surface area contributed by atoms with E-state index < -0.39 is 0 Å². The fraction of sp³-hybridized carbons (Fsp3) is 0.364. The minimum Gasteiger partial charge on any atom is -0.462 e. The smallest absolute Gasteiger partial charge is 0.132 e. The highest BCUT2D eigenvalue weighted by atomic mass is 19.1. The molecule has 0 spiro atoms. The average molecular weight is 179 g/mol. The third-order valence-electron chi connectivity index (χ3n) is 2.76. The van der Waals surface area contributed by atoms with Gasteiger partial charge in [-0.15, -0.1) is 0 Å². The summed E-state index contributed by atoms with van der Waals surface area (Å²) >= 11 is 0. The molecule has 2 atom stereocenters. The number of nitrogens with one attached hydrogen (secondary N) is 1. The maximum Gasteiger partial charge on any atom is 0.132 e. The van der Waals surface area contributed by atoms with Crippen LogP contribution in [0, 0.1) is 12.9 Å². The lowest BCUT2D eigenvalue weighted by Gasteiger charge is -2.23. The normalized spacial score (nSPS) is 27.8. The molecule has 2 heteroatoms. The maximum atomic E-state index is 13.4. The van der Waals surface area contributed by atoms with Crippen LogP contribution in [0.5, 0.6) is 0 Å². The molecular weight excluding hydrogens is 165 g/mol. The van der Waals surface area contributed by atoms with Gasteiger partial charge in [-0.3, -0.25) is 0 Å². The zero-order chi connectivity index (χ0) is 9.26. The van der Waals surface area contributed by atoms with Gasteiger partial charge in [0.25, 0.3) is 0 Å². The van der Waals surface area contributed by atoms with E-state index in [0.717, 1.165) is 24.9 Å². The molecule has 1 aliphatic heterocycles. The van der Waals surface area contributed by atoms with E-state index in [1.807, 2.05) is 12.1 Å². The molecule has 1 aromatic carbocycles. The van der Waals surface area contributed by atoms with Crippen molar-refractivity contribution in [3.05, 3.63) is 42.7 Å². The van der Waals surface area contributed by atoms with Gasteiger partial charge in [-0.1, -0.05) is 18.2 Å². The Morgan fingerprint density at radius 3 is 2.77 bits per heavy atom. The molecule has 1 saturated heterocycles. The van der Waals surface area contributed by atoms with Crippen LogP contribution in [0.1, 0.15) is 24.4 Å². The van der Waals surface area contributed by atoms with Gasteiger partial charge in [-0.05, 0) is 6.07 Å². The molecule has 1 nitrogen and oxygen atoms in total. The first kappa shape index (κ1) is 8.70. The molecule has 70 valence electrons. The van der Waals surface area contributed by atoms with Crippen molar-refractivity contribution in [1.82, 2.24) is 0 Å². The Labute approximate surface area is 78.2 Å². The molecule has 2 unspecified atom stereocenters. The van der Waals surface area contributed by atoms with Crippen LogP contribution in [0.15, 0.2) is 24.3 Å². The van der Waals surface area contributed by atoms with E-state index in [9.17, 15) is 4.39 Å². The summed E-state index contributed by atoms with van der Waals surface area (Å²) in [4.78, 5) is 1.19. The van der Waals surface area contributed by atoms with Crippen LogP contribution in [0.2, 0.25) is 0 Å². The molecule has 13 heavy (non-hydrogen) atoms. The highest BCUT2D eigenvalue weighted by Gasteiger charge is 2.25. The molecule has 0 radical (unpaired) electrons. The zero-order valence-electron chi connectivity index (χ0n) is 7.59. The third kappa shape index (κ3) is 1.59. The summed E-state index contributed by atoms with van der Waals surface area (Å²) in [5, 5.41) is 0. The molecule has 0 saturated carbocycles. The van der Waals surface area contributed by atoms with E-state index in [4.69, 9.17) is 0 Å². The van der Waals surface area contributed by atoms with Crippen LogP contribution in [0.3, 0.4) is 0 Å². The van der Waals surface area contributed by atoms with Gasteiger partial charge < -0.3 is 4.90 Å². The van der Waals surface area contributed by atoms with Crippen molar-refractivity contribution >= 4 is 0 Å². The maximum absolute atomic E-state index is 13.4. The fourth-order valence-electron chi connectivity index (χ4n) is 2.04.